The van der Waals surface area contributed by atoms with Crippen molar-refractivity contribution in [3.05, 3.63) is 35.4 Å². The van der Waals surface area contributed by atoms with Crippen LogP contribution in [0.25, 0.3) is 0 Å². The van der Waals surface area contributed by atoms with E-state index in [1.54, 1.807) is 0 Å². The van der Waals surface area contributed by atoms with Crippen LogP contribution in [0.5, 0.6) is 0 Å². The molecular formula is C15H22N2O. The van der Waals surface area contributed by atoms with E-state index >= 15 is 0 Å². The van der Waals surface area contributed by atoms with Gasteiger partial charge in [0.2, 0.25) is 0 Å². The molecule has 0 bridgehead atoms. The number of hydrogen-bond donors (Lipinski definition) is 1. The normalized spacial score (nSPS) is 31.3. The summed E-state index contributed by atoms with van der Waals surface area (Å²) in [4.78, 5) is 2.57. The number of nitrogens with zero attached hydrogens (tertiary/aromatic N) is 1. The van der Waals surface area contributed by atoms with Crippen LogP contribution in [0.15, 0.2) is 24.3 Å². The Morgan fingerprint density at radius 1 is 1.28 bits per heavy atom. The maximum Gasteiger partial charge on any atom is 0.0645 e. The Labute approximate surface area is 109 Å². The molecule has 1 aliphatic carbocycles. The quantitative estimate of drug-likeness (QED) is 0.826. The van der Waals surface area contributed by atoms with Gasteiger partial charge in [0.15, 0.2) is 0 Å². The lowest BCUT2D eigenvalue weighted by atomic mass is 9.96. The largest absolute Gasteiger partial charge is 0.378 e. The summed E-state index contributed by atoms with van der Waals surface area (Å²) in [6, 6.07) is 9.26. The average Bonchev–Trinajstić information content (AvgIpc) is 2.67. The Kier molecular flexibility index (Phi) is 2.93. The summed E-state index contributed by atoms with van der Waals surface area (Å²) in [7, 11) is 0. The van der Waals surface area contributed by atoms with Crippen molar-refractivity contribution < 1.29 is 4.74 Å². The van der Waals surface area contributed by atoms with E-state index in [4.69, 9.17) is 10.5 Å². The molecule has 1 saturated heterocycles. The second-order valence-electron chi connectivity index (χ2n) is 6.05. The number of morpholine rings is 1. The lowest BCUT2D eigenvalue weighted by Crippen LogP contribution is -2.53. The number of ether oxygens (including phenoxy) is 1. The van der Waals surface area contributed by atoms with Crippen LogP contribution in [-0.2, 0) is 4.74 Å². The zero-order valence-corrected chi connectivity index (χ0v) is 11.2. The van der Waals surface area contributed by atoms with Crippen LogP contribution < -0.4 is 5.73 Å². The van der Waals surface area contributed by atoms with Gasteiger partial charge in [-0.2, -0.15) is 0 Å². The van der Waals surface area contributed by atoms with Gasteiger partial charge in [-0.15, -0.1) is 0 Å². The molecule has 3 heteroatoms. The standard InChI is InChI=1S/C15H22N2O/c1-15(2)10-18-8-7-17(15)14-9-13(16)11-5-3-4-6-12(11)14/h3-6,13-14H,7-10,16H2,1-2H3. The van der Waals surface area contributed by atoms with Crippen molar-refractivity contribution >= 4 is 0 Å². The molecule has 1 aromatic carbocycles. The maximum absolute atomic E-state index is 6.27. The first-order valence-electron chi connectivity index (χ1n) is 6.78. The first-order valence-corrected chi connectivity index (χ1v) is 6.78. The lowest BCUT2D eigenvalue weighted by molar-refractivity contribution is -0.0733. The van der Waals surface area contributed by atoms with Crippen molar-refractivity contribution in [2.75, 3.05) is 19.8 Å². The van der Waals surface area contributed by atoms with Crippen LogP contribution >= 0.6 is 0 Å². The minimum absolute atomic E-state index is 0.0973. The second-order valence-corrected chi connectivity index (χ2v) is 6.05. The summed E-state index contributed by atoms with van der Waals surface area (Å²) in [6.07, 6.45) is 1.03. The number of hydrogen-bond acceptors (Lipinski definition) is 3. The fourth-order valence-electron chi connectivity index (χ4n) is 3.39. The van der Waals surface area contributed by atoms with Gasteiger partial charge in [-0.05, 0) is 31.4 Å². The van der Waals surface area contributed by atoms with Crippen LogP contribution in [0.2, 0.25) is 0 Å². The molecule has 0 aromatic heterocycles. The molecule has 2 aliphatic rings. The third-order valence-corrected chi connectivity index (χ3v) is 4.32. The van der Waals surface area contributed by atoms with Gasteiger partial charge >= 0.3 is 0 Å². The summed E-state index contributed by atoms with van der Waals surface area (Å²) in [5.74, 6) is 0. The first kappa shape index (κ1) is 12.2. The van der Waals surface area contributed by atoms with Crippen molar-refractivity contribution in [1.82, 2.24) is 4.90 Å². The summed E-state index contributed by atoms with van der Waals surface area (Å²) in [6.45, 7) is 7.16. The third-order valence-electron chi connectivity index (χ3n) is 4.32. The second kappa shape index (κ2) is 4.34. The van der Waals surface area contributed by atoms with Gasteiger partial charge in [-0.25, -0.2) is 0 Å². The Morgan fingerprint density at radius 3 is 2.72 bits per heavy atom. The molecule has 3 nitrogen and oxygen atoms in total. The van der Waals surface area contributed by atoms with E-state index in [0.29, 0.717) is 6.04 Å². The summed E-state index contributed by atoms with van der Waals surface area (Å²) in [5, 5.41) is 0. The Bertz CT molecular complexity index is 444. The highest BCUT2D eigenvalue weighted by molar-refractivity contribution is 5.37. The van der Waals surface area contributed by atoms with Gasteiger partial charge in [0.05, 0.1) is 13.2 Å². The molecule has 0 spiro atoms. The van der Waals surface area contributed by atoms with Crippen LogP contribution in [0.1, 0.15) is 43.5 Å². The molecule has 0 amide bonds. The molecule has 1 aromatic rings. The molecule has 18 heavy (non-hydrogen) atoms. The predicted octanol–water partition coefficient (Wildman–Crippen LogP) is 2.24. The van der Waals surface area contributed by atoms with Gasteiger partial charge in [0, 0.05) is 24.2 Å². The van der Waals surface area contributed by atoms with Crippen molar-refractivity contribution in [2.45, 2.75) is 37.9 Å². The van der Waals surface area contributed by atoms with Crippen molar-refractivity contribution in [2.24, 2.45) is 5.73 Å². The van der Waals surface area contributed by atoms with Crippen molar-refractivity contribution in [3.8, 4) is 0 Å². The summed E-state index contributed by atoms with van der Waals surface area (Å²) >= 11 is 0. The molecule has 3 rings (SSSR count). The highest BCUT2D eigenvalue weighted by Crippen LogP contribution is 2.43. The SMILES string of the molecule is CC1(C)COCCN1C1CC(N)c2ccccc21. The van der Waals surface area contributed by atoms with E-state index in [1.165, 1.54) is 11.1 Å². The summed E-state index contributed by atoms with van der Waals surface area (Å²) in [5.41, 5.74) is 9.11. The molecule has 2 N–H and O–H groups in total. The van der Waals surface area contributed by atoms with Crippen LogP contribution in [0, 0.1) is 0 Å². The first-order chi connectivity index (χ1) is 8.59. The monoisotopic (exact) mass is 246 g/mol. The van der Waals surface area contributed by atoms with Gasteiger partial charge in [-0.1, -0.05) is 24.3 Å². The van der Waals surface area contributed by atoms with Gasteiger partial charge in [0.25, 0.3) is 0 Å². The van der Waals surface area contributed by atoms with Crippen LogP contribution in [0.3, 0.4) is 0 Å². The highest BCUT2D eigenvalue weighted by atomic mass is 16.5. The van der Waals surface area contributed by atoms with Crippen molar-refractivity contribution in [3.63, 3.8) is 0 Å². The Balaban J connectivity index is 1.94. The number of nitrogens with two attached hydrogens (primary N) is 1. The van der Waals surface area contributed by atoms with E-state index in [1.807, 2.05) is 0 Å². The average molecular weight is 246 g/mol. The molecule has 1 aliphatic heterocycles. The molecule has 2 atom stereocenters. The zero-order chi connectivity index (χ0) is 12.8. The molecular weight excluding hydrogens is 224 g/mol. The zero-order valence-electron chi connectivity index (χ0n) is 11.2. The lowest BCUT2D eigenvalue weighted by Gasteiger charge is -2.46. The molecule has 1 heterocycles. The number of fused-ring (bicyclic) bond motifs is 1. The van der Waals surface area contributed by atoms with Crippen LogP contribution in [0.4, 0.5) is 0 Å². The minimum Gasteiger partial charge on any atom is -0.378 e. The minimum atomic E-state index is 0.0973. The van der Waals surface area contributed by atoms with E-state index in [0.717, 1.165) is 26.2 Å². The van der Waals surface area contributed by atoms with Crippen LogP contribution in [-0.4, -0.2) is 30.2 Å². The molecule has 0 saturated carbocycles. The molecule has 1 fully saturated rings. The topological polar surface area (TPSA) is 38.5 Å². The van der Waals surface area contributed by atoms with Crippen molar-refractivity contribution in [1.29, 1.82) is 0 Å². The van der Waals surface area contributed by atoms with Gasteiger partial charge < -0.3 is 10.5 Å². The molecule has 2 unspecified atom stereocenters. The Morgan fingerprint density at radius 2 is 2.00 bits per heavy atom. The van der Waals surface area contributed by atoms with E-state index in [-0.39, 0.29) is 11.6 Å². The fraction of sp³-hybridized carbons (Fsp3) is 0.600. The van der Waals surface area contributed by atoms with E-state index in [9.17, 15) is 0 Å². The van der Waals surface area contributed by atoms with Gasteiger partial charge in [-0.3, -0.25) is 4.90 Å². The number of benzene rings is 1. The predicted molar refractivity (Wildman–Crippen MR) is 72.3 cm³/mol. The molecule has 0 radical (unpaired) electrons. The Hall–Kier alpha value is -0.900. The summed E-state index contributed by atoms with van der Waals surface area (Å²) < 4.78 is 5.62. The highest BCUT2D eigenvalue weighted by Gasteiger charge is 2.40. The van der Waals surface area contributed by atoms with Gasteiger partial charge in [0.1, 0.15) is 0 Å². The fourth-order valence-corrected chi connectivity index (χ4v) is 3.39. The van der Waals surface area contributed by atoms with E-state index in [2.05, 4.69) is 43.0 Å². The maximum atomic E-state index is 6.27. The number of rotatable bonds is 1. The molecule has 98 valence electrons. The van der Waals surface area contributed by atoms with E-state index < -0.39 is 0 Å². The third kappa shape index (κ3) is 1.87. The smallest absolute Gasteiger partial charge is 0.0645 e.